The largest absolute Gasteiger partial charge is 0.444 e. The second-order valence-electron chi connectivity index (χ2n) is 9.43. The number of fused-ring (bicyclic) bond motifs is 1. The summed E-state index contributed by atoms with van der Waals surface area (Å²) >= 11 is 7.98. The Hall–Kier alpha value is -3.36. The number of nitrogens with zero attached hydrogens (tertiary/aromatic N) is 3. The molecule has 1 amide bonds. The molecule has 1 aromatic carbocycles. The Kier molecular flexibility index (Phi) is 6.25. The van der Waals surface area contributed by atoms with Crippen molar-refractivity contribution in [1.29, 1.82) is 0 Å². The highest BCUT2D eigenvalue weighted by molar-refractivity contribution is 7.13. The van der Waals surface area contributed by atoms with E-state index in [0.29, 0.717) is 18.1 Å². The molecule has 2 N–H and O–H groups in total. The fourth-order valence-corrected chi connectivity index (χ4v) is 4.88. The van der Waals surface area contributed by atoms with Crippen LogP contribution in [0.25, 0.3) is 27.0 Å². The van der Waals surface area contributed by atoms with Gasteiger partial charge in [-0.3, -0.25) is 4.98 Å². The molecule has 180 valence electrons. The number of H-pyrrole nitrogens is 1. The lowest BCUT2D eigenvalue weighted by Gasteiger charge is -2.29. The van der Waals surface area contributed by atoms with Gasteiger partial charge in [-0.2, -0.15) is 0 Å². The van der Waals surface area contributed by atoms with Crippen LogP contribution in [0.15, 0.2) is 54.3 Å². The smallest absolute Gasteiger partial charge is 0.410 e. The summed E-state index contributed by atoms with van der Waals surface area (Å²) in [6, 6.07) is 9.96. The third-order valence-corrected chi connectivity index (χ3v) is 6.67. The van der Waals surface area contributed by atoms with E-state index in [2.05, 4.69) is 38.5 Å². The normalized spacial score (nSPS) is 14.2. The number of benzene rings is 1. The highest BCUT2D eigenvalue weighted by atomic mass is 35.5. The van der Waals surface area contributed by atoms with Crippen LogP contribution in [-0.4, -0.2) is 44.6 Å². The van der Waals surface area contributed by atoms with Gasteiger partial charge in [0.1, 0.15) is 11.2 Å². The topological polar surface area (TPSA) is 83.1 Å². The molecule has 0 spiro atoms. The van der Waals surface area contributed by atoms with Crippen LogP contribution in [-0.2, 0) is 4.74 Å². The average Bonchev–Trinajstić information content (AvgIpc) is 3.49. The average molecular weight is 508 g/mol. The van der Waals surface area contributed by atoms with Crippen molar-refractivity contribution in [1.82, 2.24) is 19.9 Å². The zero-order valence-electron chi connectivity index (χ0n) is 19.8. The van der Waals surface area contributed by atoms with Crippen molar-refractivity contribution in [3.63, 3.8) is 0 Å². The number of anilines is 2. The lowest BCUT2D eigenvalue weighted by molar-refractivity contribution is 0.0270. The van der Waals surface area contributed by atoms with Crippen molar-refractivity contribution < 1.29 is 9.53 Å². The molecule has 4 aromatic rings. The van der Waals surface area contributed by atoms with Gasteiger partial charge in [0.05, 0.1) is 16.1 Å². The van der Waals surface area contributed by atoms with E-state index < -0.39 is 5.60 Å². The molecule has 5 rings (SSSR count). The monoisotopic (exact) mass is 507 g/mol. The molecule has 0 unspecified atom stereocenters. The Balaban J connectivity index is 1.38. The van der Waals surface area contributed by atoms with Gasteiger partial charge >= 0.3 is 6.09 Å². The van der Waals surface area contributed by atoms with Gasteiger partial charge in [-0.05, 0) is 68.7 Å². The Labute approximate surface area is 212 Å². The van der Waals surface area contributed by atoms with E-state index in [-0.39, 0.29) is 6.09 Å². The number of aromatic amines is 1. The Morgan fingerprint density at radius 3 is 2.83 bits per heavy atom. The van der Waals surface area contributed by atoms with Crippen molar-refractivity contribution >= 4 is 57.0 Å². The van der Waals surface area contributed by atoms with Crippen LogP contribution in [0, 0.1) is 0 Å². The van der Waals surface area contributed by atoms with Crippen molar-refractivity contribution in [3.05, 3.63) is 65.0 Å². The SMILES string of the molecule is CC(C)(C)OC(=O)N1CC=C(c2cc3c(Nc4cc(Cl)cc(-c5cncs5)c4)ccnc3[nH]2)CC1. The molecular weight excluding hydrogens is 482 g/mol. The summed E-state index contributed by atoms with van der Waals surface area (Å²) in [5.41, 5.74) is 7.10. The number of amides is 1. The maximum Gasteiger partial charge on any atom is 0.410 e. The van der Waals surface area contributed by atoms with Crippen LogP contribution in [0.2, 0.25) is 5.02 Å². The molecule has 0 radical (unpaired) electrons. The van der Waals surface area contributed by atoms with Crippen LogP contribution in [0.1, 0.15) is 32.9 Å². The van der Waals surface area contributed by atoms with Gasteiger partial charge < -0.3 is 19.9 Å². The predicted molar refractivity (Wildman–Crippen MR) is 142 cm³/mol. The number of halogens is 1. The molecule has 0 bridgehead atoms. The number of ether oxygens (including phenoxy) is 1. The molecule has 1 aliphatic heterocycles. The first-order valence-electron chi connectivity index (χ1n) is 11.4. The van der Waals surface area contributed by atoms with Gasteiger partial charge in [0, 0.05) is 47.3 Å². The molecule has 7 nitrogen and oxygen atoms in total. The Morgan fingerprint density at radius 2 is 2.11 bits per heavy atom. The number of nitrogens with one attached hydrogen (secondary N) is 2. The third kappa shape index (κ3) is 5.33. The summed E-state index contributed by atoms with van der Waals surface area (Å²) in [6.45, 7) is 6.76. The number of rotatable bonds is 4. The van der Waals surface area contributed by atoms with Gasteiger partial charge in [0.2, 0.25) is 0 Å². The van der Waals surface area contributed by atoms with Crippen molar-refractivity contribution in [2.24, 2.45) is 0 Å². The molecule has 0 fully saturated rings. The Morgan fingerprint density at radius 1 is 1.26 bits per heavy atom. The van der Waals surface area contributed by atoms with E-state index in [9.17, 15) is 4.79 Å². The maximum absolute atomic E-state index is 12.4. The second kappa shape index (κ2) is 9.36. The van der Waals surface area contributed by atoms with Crippen LogP contribution in [0.3, 0.4) is 0 Å². The lowest BCUT2D eigenvalue weighted by atomic mass is 10.0. The molecule has 35 heavy (non-hydrogen) atoms. The van der Waals surface area contributed by atoms with Gasteiger partial charge in [-0.15, -0.1) is 11.3 Å². The first-order valence-corrected chi connectivity index (χ1v) is 12.6. The van der Waals surface area contributed by atoms with Crippen molar-refractivity contribution in [2.75, 3.05) is 18.4 Å². The van der Waals surface area contributed by atoms with Crippen molar-refractivity contribution in [3.8, 4) is 10.4 Å². The molecule has 0 aliphatic carbocycles. The minimum atomic E-state index is -0.502. The first-order chi connectivity index (χ1) is 16.7. The molecule has 0 saturated heterocycles. The summed E-state index contributed by atoms with van der Waals surface area (Å²) in [4.78, 5) is 27.3. The predicted octanol–water partition coefficient (Wildman–Crippen LogP) is 7.11. The molecule has 9 heteroatoms. The summed E-state index contributed by atoms with van der Waals surface area (Å²) < 4.78 is 5.50. The highest BCUT2D eigenvalue weighted by Gasteiger charge is 2.24. The van der Waals surface area contributed by atoms with Crippen molar-refractivity contribution in [2.45, 2.75) is 32.8 Å². The fourth-order valence-electron chi connectivity index (χ4n) is 4.03. The van der Waals surface area contributed by atoms with Crippen LogP contribution in [0.5, 0.6) is 0 Å². The number of aromatic nitrogens is 3. The van der Waals surface area contributed by atoms with E-state index in [1.807, 2.05) is 50.7 Å². The lowest BCUT2D eigenvalue weighted by Crippen LogP contribution is -2.39. The quantitative estimate of drug-likeness (QED) is 0.307. The summed E-state index contributed by atoms with van der Waals surface area (Å²) in [7, 11) is 0. The van der Waals surface area contributed by atoms with Gasteiger partial charge in [-0.25, -0.2) is 9.78 Å². The van der Waals surface area contributed by atoms with Gasteiger partial charge in [0.15, 0.2) is 0 Å². The van der Waals surface area contributed by atoms with Gasteiger partial charge in [0.25, 0.3) is 0 Å². The summed E-state index contributed by atoms with van der Waals surface area (Å²) in [5, 5.41) is 5.14. The zero-order chi connectivity index (χ0) is 24.6. The molecular formula is C26H26ClN5O2S. The number of pyridine rings is 1. The number of carbonyl (C=O) groups excluding carboxylic acids is 1. The number of hydrogen-bond acceptors (Lipinski definition) is 6. The molecule has 0 saturated carbocycles. The number of hydrogen-bond donors (Lipinski definition) is 2. The summed E-state index contributed by atoms with van der Waals surface area (Å²) in [5.74, 6) is 0. The number of thiazole rings is 1. The van der Waals surface area contributed by atoms with E-state index in [4.69, 9.17) is 16.3 Å². The second-order valence-corrected chi connectivity index (χ2v) is 10.8. The van der Waals surface area contributed by atoms with E-state index in [1.54, 1.807) is 22.4 Å². The zero-order valence-corrected chi connectivity index (χ0v) is 21.3. The first kappa shape index (κ1) is 23.4. The summed E-state index contributed by atoms with van der Waals surface area (Å²) in [6.07, 6.45) is 6.14. The molecule has 1 aliphatic rings. The van der Waals surface area contributed by atoms with Crippen LogP contribution < -0.4 is 5.32 Å². The van der Waals surface area contributed by atoms with Crippen LogP contribution >= 0.6 is 22.9 Å². The number of carbonyl (C=O) groups is 1. The van der Waals surface area contributed by atoms with E-state index in [0.717, 1.165) is 50.5 Å². The van der Waals surface area contributed by atoms with Crippen LogP contribution in [0.4, 0.5) is 16.2 Å². The molecule has 3 aromatic heterocycles. The minimum absolute atomic E-state index is 0.281. The standard InChI is InChI=1S/C26H26ClN5O2S/c1-26(2,3)34-25(33)32-8-5-16(6-9-32)22-13-20-21(4-7-29-24(20)31-22)30-19-11-17(10-18(27)12-19)23-14-28-15-35-23/h4-5,7,10-15H,6,8-9H2,1-3H3,(H2,29,30,31). The molecule has 0 atom stereocenters. The van der Waals surface area contributed by atoms with E-state index in [1.165, 1.54) is 0 Å². The molecule has 4 heterocycles. The highest BCUT2D eigenvalue weighted by Crippen LogP contribution is 2.34. The Bertz CT molecular complexity index is 1410. The fraction of sp³-hybridized carbons (Fsp3) is 0.269. The minimum Gasteiger partial charge on any atom is -0.444 e. The third-order valence-electron chi connectivity index (χ3n) is 5.63. The van der Waals surface area contributed by atoms with E-state index >= 15 is 0 Å². The maximum atomic E-state index is 12.4. The van der Waals surface area contributed by atoms with Gasteiger partial charge in [-0.1, -0.05) is 17.7 Å².